The van der Waals surface area contributed by atoms with Crippen LogP contribution in [-0.4, -0.2) is 40.4 Å². The van der Waals surface area contributed by atoms with Crippen LogP contribution in [0.15, 0.2) is 0 Å². The van der Waals surface area contributed by atoms with E-state index >= 15 is 0 Å². The summed E-state index contributed by atoms with van der Waals surface area (Å²) in [7, 11) is -4.84. The number of hydrogen-bond acceptors (Lipinski definition) is 4. The van der Waals surface area contributed by atoms with E-state index in [4.69, 9.17) is 14.8 Å². The van der Waals surface area contributed by atoms with Gasteiger partial charge in [0.05, 0.1) is 6.42 Å². The van der Waals surface area contributed by atoms with E-state index in [2.05, 4.69) is 20.3 Å². The molecular weight excluding hydrogens is 311 g/mol. The zero-order valence-electron chi connectivity index (χ0n) is 12.8. The third-order valence-corrected chi connectivity index (χ3v) is 3.43. The first-order valence-electron chi connectivity index (χ1n) is 6.35. The van der Waals surface area contributed by atoms with E-state index in [0.29, 0.717) is 0 Å². The van der Waals surface area contributed by atoms with Gasteiger partial charge in [0.2, 0.25) is 0 Å². The Hall–Kier alpha value is -0.150. The minimum atomic E-state index is -4.84. The average molecular weight is 334 g/mol. The fraction of sp³-hybridized carbons (Fsp3) is 0.750. The summed E-state index contributed by atoms with van der Waals surface area (Å²) in [5, 5.41) is 13.9. The number of rotatable bonds is 9. The molecule has 0 heterocycles. The zero-order chi connectivity index (χ0) is 16.2. The van der Waals surface area contributed by atoms with Crippen LogP contribution >= 0.6 is 0 Å². The molecule has 21 heavy (non-hydrogen) atoms. The summed E-state index contributed by atoms with van der Waals surface area (Å²) < 4.78 is 28.7. The summed E-state index contributed by atoms with van der Waals surface area (Å²) in [6.07, 6.45) is 7.96. The van der Waals surface area contributed by atoms with E-state index < -0.39 is 33.7 Å². The van der Waals surface area contributed by atoms with Gasteiger partial charge in [-0.25, -0.2) is 0 Å². The Morgan fingerprint density at radius 2 is 1.67 bits per heavy atom. The first-order valence-corrected chi connectivity index (χ1v) is 7.85. The molecule has 0 saturated carbocycles. The van der Waals surface area contributed by atoms with Gasteiger partial charge in [-0.2, -0.15) is 21.8 Å². The second kappa shape index (κ2) is 14.8. The largest absolute Gasteiger partial charge is 1.00 e. The molecule has 3 N–H and O–H groups in total. The van der Waals surface area contributed by atoms with Gasteiger partial charge in [0.25, 0.3) is 10.1 Å². The first-order chi connectivity index (χ1) is 9.16. The molecular formula is C12H23NaO7S. The number of carbonyl (C=O) groups is 2. The maximum Gasteiger partial charge on any atom is 1.00 e. The van der Waals surface area contributed by atoms with Crippen LogP contribution in [0.2, 0.25) is 0 Å². The molecule has 0 radical (unpaired) electrons. The Morgan fingerprint density at radius 1 is 1.14 bits per heavy atom. The molecule has 0 aliphatic rings. The van der Waals surface area contributed by atoms with Crippen LogP contribution in [-0.2, 0) is 19.7 Å². The van der Waals surface area contributed by atoms with E-state index in [1.54, 1.807) is 0 Å². The standard InChI is InChI=1S/C8H17.C4H6O7S.Na/c1-3-5-7-8-6-4-2;5-3(6)1-2(4(7)8)12(9,10)11;/h3H,4-8H2,1-2H3;2H,1H2,(H,5,6)(H,7,8)(H,9,10,11);/q-1;;+1. The average Bonchev–Trinajstić information content (AvgIpc) is 2.31. The van der Waals surface area contributed by atoms with Crippen molar-refractivity contribution in [2.75, 3.05) is 0 Å². The Morgan fingerprint density at radius 3 is 1.90 bits per heavy atom. The topological polar surface area (TPSA) is 129 Å². The Bertz CT molecular complexity index is 375. The Labute approximate surface area is 148 Å². The van der Waals surface area contributed by atoms with Crippen LogP contribution < -0.4 is 29.6 Å². The van der Waals surface area contributed by atoms with Gasteiger partial charge in [-0.3, -0.25) is 14.1 Å². The third-order valence-electron chi connectivity index (χ3n) is 2.34. The third kappa shape index (κ3) is 17.8. The minimum Gasteiger partial charge on any atom is -0.481 e. The van der Waals surface area contributed by atoms with Gasteiger partial charge in [0, 0.05) is 0 Å². The van der Waals surface area contributed by atoms with Crippen LogP contribution in [0.5, 0.6) is 0 Å². The van der Waals surface area contributed by atoms with Crippen molar-refractivity contribution in [2.45, 2.75) is 57.6 Å². The van der Waals surface area contributed by atoms with Gasteiger partial charge >= 0.3 is 41.5 Å². The monoisotopic (exact) mass is 334 g/mol. The number of carboxylic acid groups (broad SMARTS) is 2. The fourth-order valence-electron chi connectivity index (χ4n) is 1.25. The molecule has 1 atom stereocenters. The number of carboxylic acids is 2. The van der Waals surface area contributed by atoms with Gasteiger partial charge < -0.3 is 16.6 Å². The summed E-state index contributed by atoms with van der Waals surface area (Å²) in [5.41, 5.74) is 0. The van der Waals surface area contributed by atoms with Crippen molar-refractivity contribution < 1.29 is 62.3 Å². The molecule has 0 rings (SSSR count). The summed E-state index contributed by atoms with van der Waals surface area (Å²) in [4.78, 5) is 20.0. The van der Waals surface area contributed by atoms with Crippen LogP contribution in [0, 0.1) is 6.42 Å². The van der Waals surface area contributed by atoms with Gasteiger partial charge in [-0.05, 0) is 0 Å². The van der Waals surface area contributed by atoms with Crippen molar-refractivity contribution >= 4 is 22.1 Å². The maximum absolute atomic E-state index is 10.2. The van der Waals surface area contributed by atoms with Crippen molar-refractivity contribution in [1.82, 2.24) is 0 Å². The van der Waals surface area contributed by atoms with Gasteiger partial charge in [0.15, 0.2) is 5.25 Å². The molecule has 0 aliphatic carbocycles. The van der Waals surface area contributed by atoms with Crippen LogP contribution in [0.1, 0.15) is 52.4 Å². The smallest absolute Gasteiger partial charge is 0.481 e. The first kappa shape index (κ1) is 25.8. The van der Waals surface area contributed by atoms with E-state index in [-0.39, 0.29) is 29.6 Å². The van der Waals surface area contributed by atoms with E-state index in [0.717, 1.165) is 0 Å². The predicted octanol–water partition coefficient (Wildman–Crippen LogP) is -1.01. The molecule has 120 valence electrons. The number of aliphatic carboxylic acids is 2. The van der Waals surface area contributed by atoms with E-state index in [1.165, 1.54) is 32.1 Å². The molecule has 0 aromatic heterocycles. The van der Waals surface area contributed by atoms with Crippen molar-refractivity contribution in [3.05, 3.63) is 6.42 Å². The van der Waals surface area contributed by atoms with E-state index in [1.807, 2.05) is 0 Å². The molecule has 0 aromatic carbocycles. The molecule has 0 aromatic rings. The molecule has 0 amide bonds. The van der Waals surface area contributed by atoms with E-state index in [9.17, 15) is 18.0 Å². The van der Waals surface area contributed by atoms with Crippen molar-refractivity contribution in [3.63, 3.8) is 0 Å². The molecule has 1 unspecified atom stereocenters. The quantitative estimate of drug-likeness (QED) is 0.213. The van der Waals surface area contributed by atoms with Gasteiger partial charge in [0.1, 0.15) is 0 Å². The summed E-state index contributed by atoms with van der Waals surface area (Å²) in [6, 6.07) is 0. The number of unbranched alkanes of at least 4 members (excludes halogenated alkanes) is 5. The second-order valence-corrected chi connectivity index (χ2v) is 5.80. The van der Waals surface area contributed by atoms with Crippen LogP contribution in [0.25, 0.3) is 0 Å². The Kier molecular flexibility index (Phi) is 18.1. The van der Waals surface area contributed by atoms with Crippen molar-refractivity contribution in [2.24, 2.45) is 0 Å². The minimum absolute atomic E-state index is 0. The van der Waals surface area contributed by atoms with Gasteiger partial charge in [-0.1, -0.05) is 32.6 Å². The summed E-state index contributed by atoms with van der Waals surface area (Å²) >= 11 is 0. The molecule has 7 nitrogen and oxygen atoms in total. The Balaban J connectivity index is -0.000000317. The second-order valence-electron chi connectivity index (χ2n) is 4.20. The molecule has 9 heteroatoms. The van der Waals surface area contributed by atoms with Crippen molar-refractivity contribution in [3.8, 4) is 0 Å². The van der Waals surface area contributed by atoms with Crippen LogP contribution in [0.3, 0.4) is 0 Å². The molecule has 0 bridgehead atoms. The predicted molar refractivity (Wildman–Crippen MR) is 74.0 cm³/mol. The number of hydrogen-bond donors (Lipinski definition) is 3. The molecule has 0 spiro atoms. The zero-order valence-corrected chi connectivity index (χ0v) is 15.6. The molecule has 0 saturated heterocycles. The summed E-state index contributed by atoms with van der Waals surface area (Å²) in [5.74, 6) is -3.50. The maximum atomic E-state index is 10.2. The fourth-order valence-corrected chi connectivity index (χ4v) is 1.86. The van der Waals surface area contributed by atoms with Gasteiger partial charge in [-0.15, -0.1) is 0 Å². The molecule has 0 fully saturated rings. The van der Waals surface area contributed by atoms with Crippen LogP contribution in [0.4, 0.5) is 0 Å². The SMILES string of the molecule is C[CH-]CCCCCC.O=C(O)CC(C(=O)O)S(=O)(=O)O.[Na+]. The normalized spacial score (nSPS) is 11.6. The summed E-state index contributed by atoms with van der Waals surface area (Å²) in [6.45, 7) is 4.38. The van der Waals surface area contributed by atoms with Crippen molar-refractivity contribution in [1.29, 1.82) is 0 Å². The molecule has 0 aliphatic heterocycles.